The SMILES string of the molecule is CCCCN(C)c1nccc(NCc2cccnc2)n1. The highest BCUT2D eigenvalue weighted by Crippen LogP contribution is 2.11. The van der Waals surface area contributed by atoms with Crippen molar-refractivity contribution in [2.24, 2.45) is 0 Å². The molecule has 0 aliphatic rings. The first-order valence-corrected chi connectivity index (χ1v) is 6.96. The Balaban J connectivity index is 1.95. The Morgan fingerprint density at radius 2 is 2.15 bits per heavy atom. The van der Waals surface area contributed by atoms with Crippen molar-refractivity contribution in [3.05, 3.63) is 42.4 Å². The molecule has 2 aromatic heterocycles. The van der Waals surface area contributed by atoms with Gasteiger partial charge in [0.25, 0.3) is 0 Å². The van der Waals surface area contributed by atoms with Crippen LogP contribution in [0.15, 0.2) is 36.8 Å². The van der Waals surface area contributed by atoms with Crippen molar-refractivity contribution in [3.63, 3.8) is 0 Å². The van der Waals surface area contributed by atoms with E-state index in [4.69, 9.17) is 0 Å². The zero-order valence-corrected chi connectivity index (χ0v) is 12.1. The summed E-state index contributed by atoms with van der Waals surface area (Å²) in [5.74, 6) is 1.59. The maximum absolute atomic E-state index is 4.52. The molecule has 5 heteroatoms. The van der Waals surface area contributed by atoms with Crippen molar-refractivity contribution >= 4 is 11.8 Å². The maximum atomic E-state index is 4.52. The number of nitrogens with zero attached hydrogens (tertiary/aromatic N) is 4. The van der Waals surface area contributed by atoms with Crippen molar-refractivity contribution < 1.29 is 0 Å². The van der Waals surface area contributed by atoms with E-state index < -0.39 is 0 Å². The summed E-state index contributed by atoms with van der Waals surface area (Å²) < 4.78 is 0. The lowest BCUT2D eigenvalue weighted by Gasteiger charge is -2.17. The van der Waals surface area contributed by atoms with Crippen molar-refractivity contribution in [3.8, 4) is 0 Å². The quantitative estimate of drug-likeness (QED) is 0.839. The van der Waals surface area contributed by atoms with Crippen LogP contribution in [0.1, 0.15) is 25.3 Å². The molecule has 2 heterocycles. The van der Waals surface area contributed by atoms with E-state index >= 15 is 0 Å². The van der Waals surface area contributed by atoms with Gasteiger partial charge in [0.15, 0.2) is 0 Å². The van der Waals surface area contributed by atoms with E-state index in [2.05, 4.69) is 32.1 Å². The van der Waals surface area contributed by atoms with E-state index in [1.807, 2.05) is 31.4 Å². The van der Waals surface area contributed by atoms with Gasteiger partial charge in [0.1, 0.15) is 5.82 Å². The Bertz CT molecular complexity index is 515. The van der Waals surface area contributed by atoms with Crippen LogP contribution in [0.2, 0.25) is 0 Å². The molecule has 20 heavy (non-hydrogen) atoms. The van der Waals surface area contributed by atoms with E-state index in [1.54, 1.807) is 12.4 Å². The van der Waals surface area contributed by atoms with Crippen LogP contribution in [0.5, 0.6) is 0 Å². The third kappa shape index (κ3) is 4.19. The molecule has 0 saturated heterocycles. The first kappa shape index (κ1) is 14.2. The fourth-order valence-corrected chi connectivity index (χ4v) is 1.82. The number of anilines is 2. The van der Waals surface area contributed by atoms with Gasteiger partial charge in [0.05, 0.1) is 0 Å². The fraction of sp³-hybridized carbons (Fsp3) is 0.400. The molecule has 1 N–H and O–H groups in total. The molecule has 0 radical (unpaired) electrons. The first-order valence-electron chi connectivity index (χ1n) is 6.96. The first-order chi connectivity index (χ1) is 9.79. The van der Waals surface area contributed by atoms with E-state index in [1.165, 1.54) is 6.42 Å². The van der Waals surface area contributed by atoms with Gasteiger partial charge in [-0.15, -0.1) is 0 Å². The molecule has 5 nitrogen and oxygen atoms in total. The molecule has 0 amide bonds. The van der Waals surface area contributed by atoms with Gasteiger partial charge < -0.3 is 10.2 Å². The van der Waals surface area contributed by atoms with E-state index in [0.29, 0.717) is 6.54 Å². The Morgan fingerprint density at radius 1 is 1.25 bits per heavy atom. The van der Waals surface area contributed by atoms with Crippen molar-refractivity contribution in [2.75, 3.05) is 23.8 Å². The standard InChI is InChI=1S/C15H21N5/c1-3-4-10-20(2)15-17-9-7-14(19-15)18-12-13-6-5-8-16-11-13/h5-9,11H,3-4,10,12H2,1-2H3,(H,17,18,19). The number of unbranched alkanes of at least 4 members (excludes halogenated alkanes) is 1. The third-order valence-corrected chi connectivity index (χ3v) is 3.03. The van der Waals surface area contributed by atoms with Crippen LogP contribution in [0.3, 0.4) is 0 Å². The predicted octanol–water partition coefficient (Wildman–Crippen LogP) is 2.72. The highest BCUT2D eigenvalue weighted by Gasteiger charge is 2.04. The average Bonchev–Trinajstić information content (AvgIpc) is 2.52. The van der Waals surface area contributed by atoms with Crippen LogP contribution in [0.25, 0.3) is 0 Å². The molecule has 0 saturated carbocycles. The molecular formula is C15H21N5. The third-order valence-electron chi connectivity index (χ3n) is 3.03. The Kier molecular flexibility index (Phi) is 5.29. The normalized spacial score (nSPS) is 10.3. The second-order valence-corrected chi connectivity index (χ2v) is 4.73. The van der Waals surface area contributed by atoms with Crippen molar-refractivity contribution in [1.82, 2.24) is 15.0 Å². The monoisotopic (exact) mass is 271 g/mol. The summed E-state index contributed by atoms with van der Waals surface area (Å²) in [5.41, 5.74) is 1.13. The largest absolute Gasteiger partial charge is 0.366 e. The topological polar surface area (TPSA) is 53.9 Å². The van der Waals surface area contributed by atoms with Crippen LogP contribution < -0.4 is 10.2 Å². The van der Waals surface area contributed by atoms with Gasteiger partial charge in [-0.05, 0) is 24.1 Å². The average molecular weight is 271 g/mol. The minimum atomic E-state index is 0.711. The van der Waals surface area contributed by atoms with Gasteiger partial charge in [0.2, 0.25) is 5.95 Å². The van der Waals surface area contributed by atoms with Gasteiger partial charge in [-0.3, -0.25) is 4.98 Å². The lowest BCUT2D eigenvalue weighted by atomic mass is 10.3. The van der Waals surface area contributed by atoms with E-state index in [0.717, 1.165) is 30.3 Å². The summed E-state index contributed by atoms with van der Waals surface area (Å²) in [6.45, 7) is 3.87. The van der Waals surface area contributed by atoms with Crippen LogP contribution in [-0.2, 0) is 6.54 Å². The molecule has 0 spiro atoms. The zero-order chi connectivity index (χ0) is 14.2. The highest BCUT2D eigenvalue weighted by molar-refractivity contribution is 5.41. The van der Waals surface area contributed by atoms with Gasteiger partial charge in [-0.25, -0.2) is 4.98 Å². The summed E-state index contributed by atoms with van der Waals surface area (Å²) in [4.78, 5) is 15.0. The summed E-state index contributed by atoms with van der Waals surface area (Å²) in [5, 5.41) is 3.29. The number of pyridine rings is 1. The summed E-state index contributed by atoms with van der Waals surface area (Å²) in [6.07, 6.45) is 7.73. The number of aromatic nitrogens is 3. The van der Waals surface area contributed by atoms with Crippen LogP contribution >= 0.6 is 0 Å². The molecule has 0 fully saturated rings. The molecule has 0 unspecified atom stereocenters. The molecule has 2 aromatic rings. The lowest BCUT2D eigenvalue weighted by Crippen LogP contribution is -2.21. The summed E-state index contributed by atoms with van der Waals surface area (Å²) in [7, 11) is 2.02. The van der Waals surface area contributed by atoms with E-state index in [-0.39, 0.29) is 0 Å². The molecule has 106 valence electrons. The van der Waals surface area contributed by atoms with Crippen LogP contribution in [0.4, 0.5) is 11.8 Å². The second-order valence-electron chi connectivity index (χ2n) is 4.73. The number of nitrogens with one attached hydrogen (secondary N) is 1. The summed E-state index contributed by atoms with van der Waals surface area (Å²) in [6, 6.07) is 5.85. The molecule has 0 bridgehead atoms. The smallest absolute Gasteiger partial charge is 0.226 e. The lowest BCUT2D eigenvalue weighted by molar-refractivity contribution is 0.750. The Hall–Kier alpha value is -2.17. The number of hydrogen-bond donors (Lipinski definition) is 1. The molecule has 0 aliphatic carbocycles. The van der Waals surface area contributed by atoms with Crippen molar-refractivity contribution in [2.45, 2.75) is 26.3 Å². The van der Waals surface area contributed by atoms with Crippen molar-refractivity contribution in [1.29, 1.82) is 0 Å². The van der Waals surface area contributed by atoms with Crippen LogP contribution in [0, 0.1) is 0 Å². The second kappa shape index (κ2) is 7.43. The Morgan fingerprint density at radius 3 is 2.90 bits per heavy atom. The van der Waals surface area contributed by atoms with Gasteiger partial charge in [-0.1, -0.05) is 19.4 Å². The number of hydrogen-bond acceptors (Lipinski definition) is 5. The minimum Gasteiger partial charge on any atom is -0.366 e. The van der Waals surface area contributed by atoms with Crippen LogP contribution in [-0.4, -0.2) is 28.5 Å². The summed E-state index contributed by atoms with van der Waals surface area (Å²) >= 11 is 0. The molecule has 0 aliphatic heterocycles. The molecule has 2 rings (SSSR count). The molecular weight excluding hydrogens is 250 g/mol. The maximum Gasteiger partial charge on any atom is 0.226 e. The van der Waals surface area contributed by atoms with E-state index in [9.17, 15) is 0 Å². The highest BCUT2D eigenvalue weighted by atomic mass is 15.2. The van der Waals surface area contributed by atoms with Gasteiger partial charge in [-0.2, -0.15) is 4.98 Å². The zero-order valence-electron chi connectivity index (χ0n) is 12.1. The fourth-order valence-electron chi connectivity index (χ4n) is 1.82. The molecule has 0 atom stereocenters. The molecule has 0 aromatic carbocycles. The minimum absolute atomic E-state index is 0.711. The predicted molar refractivity (Wildman–Crippen MR) is 81.8 cm³/mol. The van der Waals surface area contributed by atoms with Gasteiger partial charge in [0, 0.05) is 38.7 Å². The Labute approximate surface area is 120 Å². The van der Waals surface area contributed by atoms with Gasteiger partial charge >= 0.3 is 0 Å². The number of rotatable bonds is 7.